The minimum atomic E-state index is -3.36. The Balaban J connectivity index is 2.83. The first-order chi connectivity index (χ1) is 7.29. The van der Waals surface area contributed by atoms with Gasteiger partial charge in [0.25, 0.3) is 0 Å². The Morgan fingerprint density at radius 1 is 1.56 bits per heavy atom. The molecule has 1 N–H and O–H groups in total. The molecule has 5 nitrogen and oxygen atoms in total. The second-order valence-electron chi connectivity index (χ2n) is 4.52. The van der Waals surface area contributed by atoms with Crippen molar-refractivity contribution in [3.8, 4) is 0 Å². The average Bonchev–Trinajstić information content (AvgIpc) is 2.55. The van der Waals surface area contributed by atoms with Crippen LogP contribution in [0.15, 0.2) is 0 Å². The first kappa shape index (κ1) is 13.4. The summed E-state index contributed by atoms with van der Waals surface area (Å²) in [6, 6.07) is -0.239. The molecule has 94 valence electrons. The van der Waals surface area contributed by atoms with E-state index in [1.54, 1.807) is 0 Å². The molecule has 1 fully saturated rings. The van der Waals surface area contributed by atoms with Crippen LogP contribution >= 0.6 is 0 Å². The lowest BCUT2D eigenvalue weighted by Crippen LogP contribution is -2.46. The Bertz CT molecular complexity index is 365. The van der Waals surface area contributed by atoms with Crippen molar-refractivity contribution < 1.29 is 18.3 Å². The zero-order chi connectivity index (χ0) is 12.5. The first-order valence-corrected chi connectivity index (χ1v) is 7.34. The van der Waals surface area contributed by atoms with Crippen molar-refractivity contribution in [3.05, 3.63) is 0 Å². The molecular weight excluding hydrogens is 230 g/mol. The molecule has 0 aromatic rings. The van der Waals surface area contributed by atoms with E-state index in [1.165, 1.54) is 11.8 Å². The summed E-state index contributed by atoms with van der Waals surface area (Å²) in [6.45, 7) is 3.78. The van der Waals surface area contributed by atoms with E-state index in [0.717, 1.165) is 12.7 Å². The van der Waals surface area contributed by atoms with Crippen LogP contribution in [0.25, 0.3) is 0 Å². The van der Waals surface area contributed by atoms with Gasteiger partial charge in [0, 0.05) is 12.8 Å². The van der Waals surface area contributed by atoms with Crippen LogP contribution in [0.4, 0.5) is 0 Å². The van der Waals surface area contributed by atoms with Crippen LogP contribution in [0, 0.1) is 5.92 Å². The number of nitrogens with zero attached hydrogens (tertiary/aromatic N) is 1. The topological polar surface area (TPSA) is 74.7 Å². The number of amides is 1. The van der Waals surface area contributed by atoms with E-state index in [-0.39, 0.29) is 18.6 Å². The highest BCUT2D eigenvalue weighted by Crippen LogP contribution is 2.24. The maximum absolute atomic E-state index is 11.9. The smallest absolute Gasteiger partial charge is 0.240 e. The minimum Gasteiger partial charge on any atom is -0.394 e. The van der Waals surface area contributed by atoms with Gasteiger partial charge in [0.15, 0.2) is 9.84 Å². The van der Waals surface area contributed by atoms with E-state index in [4.69, 9.17) is 0 Å². The number of sulfone groups is 1. The van der Waals surface area contributed by atoms with Gasteiger partial charge in [-0.2, -0.15) is 0 Å². The Hall–Kier alpha value is -0.620. The van der Waals surface area contributed by atoms with Gasteiger partial charge >= 0.3 is 0 Å². The van der Waals surface area contributed by atoms with Gasteiger partial charge in [0.05, 0.1) is 12.6 Å². The molecule has 1 aliphatic heterocycles. The number of hydrogen-bond donors (Lipinski definition) is 1. The number of carbonyl (C=O) groups is 1. The largest absolute Gasteiger partial charge is 0.394 e. The SMILES string of the molecule is CC1CCN(C(=O)C(C)S(C)(=O)=O)C1CO. The fourth-order valence-electron chi connectivity index (χ4n) is 1.98. The number of rotatable bonds is 3. The van der Waals surface area contributed by atoms with Crippen LogP contribution in [-0.2, 0) is 14.6 Å². The molecule has 16 heavy (non-hydrogen) atoms. The van der Waals surface area contributed by atoms with Gasteiger partial charge in [0.2, 0.25) is 5.91 Å². The zero-order valence-corrected chi connectivity index (χ0v) is 10.7. The van der Waals surface area contributed by atoms with Crippen molar-refractivity contribution >= 4 is 15.7 Å². The molecular formula is C10H19NO4S. The Morgan fingerprint density at radius 2 is 2.12 bits per heavy atom. The fourth-order valence-corrected chi connectivity index (χ4v) is 2.48. The Kier molecular flexibility index (Phi) is 3.96. The van der Waals surface area contributed by atoms with E-state index < -0.39 is 21.0 Å². The molecule has 1 saturated heterocycles. The molecule has 3 unspecified atom stereocenters. The zero-order valence-electron chi connectivity index (χ0n) is 9.88. The normalized spacial score (nSPS) is 28.1. The van der Waals surface area contributed by atoms with Gasteiger partial charge in [-0.05, 0) is 19.3 Å². The van der Waals surface area contributed by atoms with E-state index >= 15 is 0 Å². The Morgan fingerprint density at radius 3 is 2.56 bits per heavy atom. The molecule has 3 atom stereocenters. The molecule has 1 aliphatic rings. The number of carbonyl (C=O) groups excluding carboxylic acids is 1. The van der Waals surface area contributed by atoms with Crippen molar-refractivity contribution in [1.29, 1.82) is 0 Å². The van der Waals surface area contributed by atoms with Crippen LogP contribution < -0.4 is 0 Å². The molecule has 0 aliphatic carbocycles. The molecule has 0 aromatic carbocycles. The summed E-state index contributed by atoms with van der Waals surface area (Å²) < 4.78 is 22.6. The van der Waals surface area contributed by atoms with Crippen LogP contribution in [-0.4, -0.2) is 55.0 Å². The molecule has 1 amide bonds. The summed E-state index contributed by atoms with van der Waals surface area (Å²) in [7, 11) is -3.36. The maximum Gasteiger partial charge on any atom is 0.240 e. The van der Waals surface area contributed by atoms with Crippen LogP contribution in [0.3, 0.4) is 0 Å². The number of aliphatic hydroxyl groups is 1. The maximum atomic E-state index is 11.9. The lowest BCUT2D eigenvalue weighted by Gasteiger charge is -2.27. The average molecular weight is 249 g/mol. The molecule has 1 rings (SSSR count). The van der Waals surface area contributed by atoms with E-state index in [2.05, 4.69) is 0 Å². The second-order valence-corrected chi connectivity index (χ2v) is 6.89. The molecule has 0 aromatic heterocycles. The fraction of sp³-hybridized carbons (Fsp3) is 0.900. The molecule has 6 heteroatoms. The minimum absolute atomic E-state index is 0.108. The van der Waals surface area contributed by atoms with Crippen molar-refractivity contribution in [3.63, 3.8) is 0 Å². The molecule has 0 saturated carbocycles. The summed E-state index contributed by atoms with van der Waals surface area (Å²) >= 11 is 0. The van der Waals surface area contributed by atoms with Crippen molar-refractivity contribution in [1.82, 2.24) is 4.90 Å². The quantitative estimate of drug-likeness (QED) is 0.742. The van der Waals surface area contributed by atoms with Gasteiger partial charge in [-0.3, -0.25) is 4.79 Å². The van der Waals surface area contributed by atoms with Gasteiger partial charge in [-0.15, -0.1) is 0 Å². The standard InChI is InChI=1S/C10H19NO4S/c1-7-4-5-11(9(7)6-12)10(13)8(2)16(3,14)15/h7-9,12H,4-6H2,1-3H3. The molecule has 0 bridgehead atoms. The van der Waals surface area contributed by atoms with Crippen molar-refractivity contribution in [2.45, 2.75) is 31.6 Å². The first-order valence-electron chi connectivity index (χ1n) is 5.39. The van der Waals surface area contributed by atoms with Gasteiger partial charge in [0.1, 0.15) is 5.25 Å². The van der Waals surface area contributed by atoms with Gasteiger partial charge in [-0.1, -0.05) is 6.92 Å². The lowest BCUT2D eigenvalue weighted by atomic mass is 10.0. The van der Waals surface area contributed by atoms with Crippen molar-refractivity contribution in [2.24, 2.45) is 5.92 Å². The van der Waals surface area contributed by atoms with Crippen LogP contribution in [0.1, 0.15) is 20.3 Å². The molecule has 0 spiro atoms. The number of hydrogen-bond acceptors (Lipinski definition) is 4. The third-order valence-electron chi connectivity index (χ3n) is 3.34. The predicted octanol–water partition coefficient (Wildman–Crippen LogP) is -0.351. The third-order valence-corrected chi connectivity index (χ3v) is 4.83. The monoisotopic (exact) mass is 249 g/mol. The summed E-state index contributed by atoms with van der Waals surface area (Å²) in [5, 5.41) is 8.18. The highest BCUT2D eigenvalue weighted by molar-refractivity contribution is 7.92. The lowest BCUT2D eigenvalue weighted by molar-refractivity contribution is -0.132. The molecule has 1 heterocycles. The number of aliphatic hydroxyl groups excluding tert-OH is 1. The second kappa shape index (κ2) is 4.71. The Labute approximate surface area is 96.4 Å². The van der Waals surface area contributed by atoms with Crippen molar-refractivity contribution in [2.75, 3.05) is 19.4 Å². The van der Waals surface area contributed by atoms with Gasteiger partial charge < -0.3 is 10.0 Å². The van der Waals surface area contributed by atoms with E-state index in [1.807, 2.05) is 6.92 Å². The summed E-state index contributed by atoms with van der Waals surface area (Å²) in [5.41, 5.74) is 0. The van der Waals surface area contributed by atoms with E-state index in [0.29, 0.717) is 6.54 Å². The summed E-state index contributed by atoms with van der Waals surface area (Å²) in [5.74, 6) is -0.174. The van der Waals surface area contributed by atoms with Crippen LogP contribution in [0.2, 0.25) is 0 Å². The van der Waals surface area contributed by atoms with Gasteiger partial charge in [-0.25, -0.2) is 8.42 Å². The molecule has 0 radical (unpaired) electrons. The van der Waals surface area contributed by atoms with Crippen LogP contribution in [0.5, 0.6) is 0 Å². The van der Waals surface area contributed by atoms with E-state index in [9.17, 15) is 18.3 Å². The highest BCUT2D eigenvalue weighted by atomic mass is 32.2. The predicted molar refractivity (Wildman–Crippen MR) is 60.7 cm³/mol. The summed E-state index contributed by atoms with van der Waals surface area (Å²) in [4.78, 5) is 13.4. The third kappa shape index (κ3) is 2.55. The highest BCUT2D eigenvalue weighted by Gasteiger charge is 2.38. The number of likely N-dealkylation sites (tertiary alicyclic amines) is 1. The summed E-state index contributed by atoms with van der Waals surface area (Å²) in [6.07, 6.45) is 1.87.